The van der Waals surface area contributed by atoms with Gasteiger partial charge in [0.1, 0.15) is 6.54 Å². The molecule has 2 heterocycles. The molecule has 0 radical (unpaired) electrons. The summed E-state index contributed by atoms with van der Waals surface area (Å²) in [4.78, 5) is 23.8. The fraction of sp³-hybridized carbons (Fsp3) is 0.353. The third-order valence-corrected chi connectivity index (χ3v) is 4.68. The van der Waals surface area contributed by atoms with Gasteiger partial charge in [-0.2, -0.15) is 5.10 Å². The van der Waals surface area contributed by atoms with Gasteiger partial charge in [0.25, 0.3) is 0 Å². The van der Waals surface area contributed by atoms with E-state index in [0.717, 1.165) is 5.56 Å². The molecule has 7 nitrogen and oxygen atoms in total. The molecule has 0 aliphatic carbocycles. The molecule has 132 valence electrons. The lowest BCUT2D eigenvalue weighted by Crippen LogP contribution is -2.45. The average molecular weight is 364 g/mol. The molecule has 2 aromatic rings. The number of halogens is 1. The number of benzene rings is 1. The molecule has 0 atom stereocenters. The topological polar surface area (TPSA) is 93.5 Å². The fourth-order valence-corrected chi connectivity index (χ4v) is 3.40. The zero-order chi connectivity index (χ0) is 17.9. The molecule has 8 heteroatoms. The summed E-state index contributed by atoms with van der Waals surface area (Å²) >= 11 is 6.35. The number of nitrogens with zero attached hydrogens (tertiary/aromatic N) is 2. The van der Waals surface area contributed by atoms with Crippen LogP contribution in [0.25, 0.3) is 0 Å². The summed E-state index contributed by atoms with van der Waals surface area (Å²) in [5.41, 5.74) is -0.0323. The Labute approximate surface area is 149 Å². The molecule has 1 aliphatic heterocycles. The second-order valence-electron chi connectivity index (χ2n) is 5.92. The van der Waals surface area contributed by atoms with Crippen molar-refractivity contribution in [1.29, 1.82) is 0 Å². The first-order valence-electron chi connectivity index (χ1n) is 7.91. The van der Waals surface area contributed by atoms with Crippen LogP contribution in [0.4, 0.5) is 5.82 Å². The van der Waals surface area contributed by atoms with Crippen LogP contribution in [0.2, 0.25) is 5.02 Å². The van der Waals surface area contributed by atoms with Crippen LogP contribution in [-0.4, -0.2) is 40.0 Å². The minimum absolute atomic E-state index is 0.218. The van der Waals surface area contributed by atoms with E-state index in [2.05, 4.69) is 10.4 Å². The molecular formula is C17H18ClN3O4. The van der Waals surface area contributed by atoms with Crippen molar-refractivity contribution in [3.05, 3.63) is 47.1 Å². The van der Waals surface area contributed by atoms with E-state index in [1.807, 2.05) is 18.2 Å². The number of aliphatic carboxylic acids is 1. The van der Waals surface area contributed by atoms with Crippen LogP contribution in [0.3, 0.4) is 0 Å². The molecule has 1 saturated heterocycles. The molecule has 3 rings (SSSR count). The highest BCUT2D eigenvalue weighted by Gasteiger charge is 2.43. The summed E-state index contributed by atoms with van der Waals surface area (Å²) in [6.07, 6.45) is 2.53. The van der Waals surface area contributed by atoms with Crippen molar-refractivity contribution in [2.45, 2.75) is 24.8 Å². The summed E-state index contributed by atoms with van der Waals surface area (Å²) < 4.78 is 6.68. The Morgan fingerprint density at radius 1 is 1.28 bits per heavy atom. The maximum Gasteiger partial charge on any atom is 0.325 e. The molecule has 1 aliphatic rings. The lowest BCUT2D eigenvalue weighted by atomic mass is 9.73. The van der Waals surface area contributed by atoms with E-state index in [1.165, 1.54) is 10.9 Å². The van der Waals surface area contributed by atoms with Crippen molar-refractivity contribution in [2.75, 3.05) is 18.5 Å². The van der Waals surface area contributed by atoms with Crippen molar-refractivity contribution in [1.82, 2.24) is 9.78 Å². The quantitative estimate of drug-likeness (QED) is 0.850. The molecule has 0 saturated carbocycles. The average Bonchev–Trinajstić information content (AvgIpc) is 3.02. The zero-order valence-corrected chi connectivity index (χ0v) is 14.2. The van der Waals surface area contributed by atoms with Crippen molar-refractivity contribution in [3.8, 4) is 0 Å². The van der Waals surface area contributed by atoms with Crippen molar-refractivity contribution in [3.63, 3.8) is 0 Å². The van der Waals surface area contributed by atoms with Gasteiger partial charge in [-0.05, 0) is 24.5 Å². The Hall–Kier alpha value is -2.38. The Balaban J connectivity index is 1.86. The van der Waals surface area contributed by atoms with Gasteiger partial charge in [-0.3, -0.25) is 14.3 Å². The summed E-state index contributed by atoms with van der Waals surface area (Å²) in [5, 5.41) is 16.2. The van der Waals surface area contributed by atoms with Gasteiger partial charge in [0, 0.05) is 30.5 Å². The molecule has 2 N–H and O–H groups in total. The highest BCUT2D eigenvalue weighted by molar-refractivity contribution is 6.31. The van der Waals surface area contributed by atoms with Crippen LogP contribution in [0.5, 0.6) is 0 Å². The smallest absolute Gasteiger partial charge is 0.325 e. The highest BCUT2D eigenvalue weighted by Crippen LogP contribution is 2.39. The van der Waals surface area contributed by atoms with E-state index in [-0.39, 0.29) is 12.5 Å². The predicted molar refractivity (Wildman–Crippen MR) is 91.7 cm³/mol. The van der Waals surface area contributed by atoms with E-state index in [1.54, 1.807) is 12.1 Å². The number of amides is 1. The van der Waals surface area contributed by atoms with Crippen LogP contribution in [0.15, 0.2) is 36.5 Å². The van der Waals surface area contributed by atoms with Gasteiger partial charge in [0.15, 0.2) is 5.82 Å². The third-order valence-electron chi connectivity index (χ3n) is 4.35. The lowest BCUT2D eigenvalue weighted by Gasteiger charge is -2.36. The van der Waals surface area contributed by atoms with E-state index in [9.17, 15) is 9.59 Å². The van der Waals surface area contributed by atoms with Crippen LogP contribution in [-0.2, 0) is 26.3 Å². The Morgan fingerprint density at radius 2 is 2.00 bits per heavy atom. The second-order valence-corrected chi connectivity index (χ2v) is 6.33. The molecular weight excluding hydrogens is 346 g/mol. The van der Waals surface area contributed by atoms with Gasteiger partial charge in [-0.1, -0.05) is 29.8 Å². The lowest BCUT2D eigenvalue weighted by molar-refractivity contribution is -0.137. The van der Waals surface area contributed by atoms with Crippen LogP contribution >= 0.6 is 11.6 Å². The summed E-state index contributed by atoms with van der Waals surface area (Å²) in [7, 11) is 0. The molecule has 0 unspecified atom stereocenters. The summed E-state index contributed by atoms with van der Waals surface area (Å²) in [6.45, 7) is 0.664. The number of nitrogens with one attached hydrogen (secondary N) is 1. The van der Waals surface area contributed by atoms with E-state index >= 15 is 0 Å². The number of ether oxygens (including phenoxy) is 1. The third kappa shape index (κ3) is 3.67. The van der Waals surface area contributed by atoms with Gasteiger partial charge in [-0.25, -0.2) is 0 Å². The first-order valence-corrected chi connectivity index (χ1v) is 8.28. The molecule has 1 fully saturated rings. The molecule has 25 heavy (non-hydrogen) atoms. The summed E-state index contributed by atoms with van der Waals surface area (Å²) in [6, 6.07) is 8.87. The number of anilines is 1. The van der Waals surface area contributed by atoms with Crippen LogP contribution in [0, 0.1) is 0 Å². The Morgan fingerprint density at radius 3 is 2.68 bits per heavy atom. The highest BCUT2D eigenvalue weighted by atomic mass is 35.5. The number of aromatic nitrogens is 2. The maximum absolute atomic E-state index is 13.1. The van der Waals surface area contributed by atoms with Crippen LogP contribution in [0.1, 0.15) is 18.4 Å². The molecule has 1 amide bonds. The predicted octanol–water partition coefficient (Wildman–Crippen LogP) is 2.31. The fourth-order valence-electron chi connectivity index (χ4n) is 3.08. The maximum atomic E-state index is 13.1. The monoisotopic (exact) mass is 363 g/mol. The molecule has 1 aromatic heterocycles. The number of carboxylic acid groups (broad SMARTS) is 1. The van der Waals surface area contributed by atoms with Crippen molar-refractivity contribution >= 4 is 29.3 Å². The van der Waals surface area contributed by atoms with Crippen LogP contribution < -0.4 is 5.32 Å². The zero-order valence-electron chi connectivity index (χ0n) is 13.4. The van der Waals surface area contributed by atoms with E-state index in [4.69, 9.17) is 21.4 Å². The number of hydrogen-bond acceptors (Lipinski definition) is 4. The summed E-state index contributed by atoms with van der Waals surface area (Å²) in [5.74, 6) is -0.911. The minimum Gasteiger partial charge on any atom is -0.480 e. The Kier molecular flexibility index (Phi) is 5.06. The number of carboxylic acids is 1. The van der Waals surface area contributed by atoms with Gasteiger partial charge < -0.3 is 15.2 Å². The minimum atomic E-state index is -1.00. The Bertz CT molecular complexity index is 784. The van der Waals surface area contributed by atoms with Crippen molar-refractivity contribution < 1.29 is 19.4 Å². The van der Waals surface area contributed by atoms with Gasteiger partial charge >= 0.3 is 5.97 Å². The normalized spacial score (nSPS) is 16.4. The molecule has 0 spiro atoms. The van der Waals surface area contributed by atoms with Gasteiger partial charge in [-0.15, -0.1) is 0 Å². The standard InChI is InChI=1S/C17H18ClN3O4/c18-13-4-2-1-3-12(13)17(6-9-25-10-7-17)16(24)19-14-5-8-21(20-14)11-15(22)23/h1-5,8H,6-7,9-11H2,(H,22,23)(H,19,20,24). The first-order chi connectivity index (χ1) is 12.0. The van der Waals surface area contributed by atoms with Crippen molar-refractivity contribution in [2.24, 2.45) is 0 Å². The molecule has 0 bridgehead atoms. The van der Waals surface area contributed by atoms with E-state index < -0.39 is 11.4 Å². The largest absolute Gasteiger partial charge is 0.480 e. The van der Waals surface area contributed by atoms with Gasteiger partial charge in [0.2, 0.25) is 5.91 Å². The number of carbonyl (C=O) groups is 2. The SMILES string of the molecule is O=C(O)Cn1ccc(NC(=O)C2(c3ccccc3Cl)CCOCC2)n1. The second kappa shape index (κ2) is 7.25. The van der Waals surface area contributed by atoms with E-state index in [0.29, 0.717) is 36.9 Å². The number of carbonyl (C=O) groups excluding carboxylic acids is 1. The van der Waals surface area contributed by atoms with Gasteiger partial charge in [0.05, 0.1) is 5.41 Å². The molecule has 1 aromatic carbocycles. The first kappa shape index (κ1) is 17.4. The number of rotatable bonds is 5. The number of hydrogen-bond donors (Lipinski definition) is 2.